The molecule has 1 aliphatic rings. The number of unbranched alkanes of at least 4 members (excludes halogenated alkanes) is 14. The second-order valence-corrected chi connectivity index (χ2v) is 14.1. The van der Waals surface area contributed by atoms with E-state index in [-0.39, 0.29) is 26.1 Å². The number of rotatable bonds is 33. The summed E-state index contributed by atoms with van der Waals surface area (Å²) in [5, 5.41) is 39.9. The molecular formula is C43H74O10. The number of aliphatic hydroxyl groups excluding tert-OH is 4. The van der Waals surface area contributed by atoms with Crippen LogP contribution in [0.3, 0.4) is 0 Å². The van der Waals surface area contributed by atoms with Crippen molar-refractivity contribution < 1.29 is 49.0 Å². The largest absolute Gasteiger partial charge is 0.462 e. The van der Waals surface area contributed by atoms with E-state index in [1.54, 1.807) is 0 Å². The van der Waals surface area contributed by atoms with Gasteiger partial charge in [0.25, 0.3) is 0 Å². The normalized spacial score (nSPS) is 21.4. The van der Waals surface area contributed by atoms with Gasteiger partial charge in [-0.2, -0.15) is 0 Å². The van der Waals surface area contributed by atoms with Crippen molar-refractivity contribution in [2.45, 2.75) is 192 Å². The first-order valence-corrected chi connectivity index (χ1v) is 20.7. The zero-order chi connectivity index (χ0) is 38.8. The molecular weight excluding hydrogens is 676 g/mol. The maximum Gasteiger partial charge on any atom is 0.306 e. The van der Waals surface area contributed by atoms with E-state index in [0.29, 0.717) is 12.8 Å². The van der Waals surface area contributed by atoms with E-state index in [4.69, 9.17) is 18.9 Å². The molecule has 0 radical (unpaired) electrons. The van der Waals surface area contributed by atoms with Gasteiger partial charge in [-0.15, -0.1) is 0 Å². The fourth-order valence-electron chi connectivity index (χ4n) is 5.89. The van der Waals surface area contributed by atoms with Crippen LogP contribution in [0.2, 0.25) is 0 Å². The summed E-state index contributed by atoms with van der Waals surface area (Å²) >= 11 is 0. The SMILES string of the molecule is CCCCC/C=C/C/C=C/C/C=C/C/C=C/CCCC(=O)O[C@H](COC(=O)CCCCCCCCCCCCC)CO[C@@H]1O[C@H](CO)[C@H](O)C(O)C1O. The molecule has 0 aromatic heterocycles. The number of hydrogen-bond acceptors (Lipinski definition) is 10. The van der Waals surface area contributed by atoms with E-state index in [1.165, 1.54) is 70.6 Å². The molecule has 0 saturated carbocycles. The lowest BCUT2D eigenvalue weighted by Crippen LogP contribution is -2.59. The van der Waals surface area contributed by atoms with Crippen LogP contribution in [0.5, 0.6) is 0 Å². The third kappa shape index (κ3) is 26.2. The predicted molar refractivity (Wildman–Crippen MR) is 210 cm³/mol. The summed E-state index contributed by atoms with van der Waals surface area (Å²) in [6.07, 6.45) is 31.2. The molecule has 53 heavy (non-hydrogen) atoms. The zero-order valence-electron chi connectivity index (χ0n) is 33.0. The van der Waals surface area contributed by atoms with Crippen molar-refractivity contribution in [2.75, 3.05) is 19.8 Å². The highest BCUT2D eigenvalue weighted by Gasteiger charge is 2.44. The third-order valence-corrected chi connectivity index (χ3v) is 9.22. The molecule has 0 bridgehead atoms. The van der Waals surface area contributed by atoms with Gasteiger partial charge in [0.05, 0.1) is 13.2 Å². The molecule has 4 N–H and O–H groups in total. The van der Waals surface area contributed by atoms with Gasteiger partial charge in [-0.25, -0.2) is 0 Å². The van der Waals surface area contributed by atoms with Crippen molar-refractivity contribution in [3.63, 3.8) is 0 Å². The number of aliphatic hydroxyl groups is 4. The lowest BCUT2D eigenvalue weighted by molar-refractivity contribution is -0.305. The van der Waals surface area contributed by atoms with Gasteiger partial charge in [-0.05, 0) is 51.4 Å². The van der Waals surface area contributed by atoms with Gasteiger partial charge in [-0.3, -0.25) is 9.59 Å². The van der Waals surface area contributed by atoms with Crippen LogP contribution in [0.15, 0.2) is 48.6 Å². The highest BCUT2D eigenvalue weighted by Crippen LogP contribution is 2.22. The fraction of sp³-hybridized carbons (Fsp3) is 0.767. The van der Waals surface area contributed by atoms with Crippen molar-refractivity contribution >= 4 is 11.9 Å². The van der Waals surface area contributed by atoms with E-state index in [1.807, 2.05) is 6.08 Å². The van der Waals surface area contributed by atoms with Crippen molar-refractivity contribution in [3.8, 4) is 0 Å². The van der Waals surface area contributed by atoms with Gasteiger partial charge >= 0.3 is 11.9 Å². The molecule has 2 unspecified atom stereocenters. The Kier molecular flexibility index (Phi) is 31.4. The number of carbonyl (C=O) groups is 2. The van der Waals surface area contributed by atoms with Crippen LogP contribution in [0.25, 0.3) is 0 Å². The van der Waals surface area contributed by atoms with Crippen LogP contribution in [0, 0.1) is 0 Å². The van der Waals surface area contributed by atoms with E-state index >= 15 is 0 Å². The van der Waals surface area contributed by atoms with Crippen LogP contribution in [-0.4, -0.2) is 89.0 Å². The average Bonchev–Trinajstić information content (AvgIpc) is 3.15. The van der Waals surface area contributed by atoms with Crippen LogP contribution in [0.4, 0.5) is 0 Å². The van der Waals surface area contributed by atoms with Gasteiger partial charge in [0.2, 0.25) is 0 Å². The molecule has 1 heterocycles. The van der Waals surface area contributed by atoms with Gasteiger partial charge in [0.1, 0.15) is 31.0 Å². The molecule has 6 atom stereocenters. The Morgan fingerprint density at radius 1 is 0.585 bits per heavy atom. The molecule has 1 rings (SSSR count). The Labute approximate surface area is 320 Å². The predicted octanol–water partition coefficient (Wildman–Crippen LogP) is 8.10. The van der Waals surface area contributed by atoms with Gasteiger partial charge in [0.15, 0.2) is 12.4 Å². The number of esters is 2. The standard InChI is InChI=1S/C43H74O10/c1-3-5-7-9-11-13-15-16-17-18-19-20-22-24-26-28-30-32-39(46)52-36(35-51-43-42(49)41(48)40(47)37(33-44)53-43)34-50-38(45)31-29-27-25-23-21-14-12-10-8-6-4-2/h11,13,16-17,19-20,24,26,36-37,40-44,47-49H,3-10,12,14-15,18,21-23,25,27-35H2,1-2H3/b13-11+,17-16+,20-19+,26-24+/t36-,37-,40+,41?,42?,43-/m1/s1. The van der Waals surface area contributed by atoms with Crippen molar-refractivity contribution in [1.29, 1.82) is 0 Å². The van der Waals surface area contributed by atoms with Crippen molar-refractivity contribution in [1.82, 2.24) is 0 Å². The lowest BCUT2D eigenvalue weighted by Gasteiger charge is -2.39. The number of allylic oxidation sites excluding steroid dienone is 8. The van der Waals surface area contributed by atoms with E-state index in [0.717, 1.165) is 44.9 Å². The molecule has 1 aliphatic heterocycles. The van der Waals surface area contributed by atoms with Crippen molar-refractivity contribution in [3.05, 3.63) is 48.6 Å². The van der Waals surface area contributed by atoms with Crippen molar-refractivity contribution in [2.24, 2.45) is 0 Å². The maximum absolute atomic E-state index is 12.7. The van der Waals surface area contributed by atoms with Crippen LogP contribution in [-0.2, 0) is 28.5 Å². The first kappa shape index (κ1) is 48.7. The summed E-state index contributed by atoms with van der Waals surface area (Å²) in [6, 6.07) is 0. The zero-order valence-corrected chi connectivity index (χ0v) is 33.0. The summed E-state index contributed by atoms with van der Waals surface area (Å²) in [5.74, 6) is -0.875. The molecule has 0 spiro atoms. The molecule has 1 saturated heterocycles. The van der Waals surface area contributed by atoms with E-state index in [9.17, 15) is 30.0 Å². The molecule has 0 aromatic carbocycles. The number of hydrogen-bond donors (Lipinski definition) is 4. The minimum absolute atomic E-state index is 0.154. The third-order valence-electron chi connectivity index (χ3n) is 9.22. The Balaban J connectivity index is 2.42. The van der Waals surface area contributed by atoms with Crippen LogP contribution in [0.1, 0.15) is 155 Å². The second kappa shape index (κ2) is 34.2. The Bertz CT molecular complexity index is 1010. The quantitative estimate of drug-likeness (QED) is 0.0294. The molecule has 10 nitrogen and oxygen atoms in total. The average molecular weight is 751 g/mol. The van der Waals surface area contributed by atoms with E-state index in [2.05, 4.69) is 56.4 Å². The summed E-state index contributed by atoms with van der Waals surface area (Å²) in [5.41, 5.74) is 0. The molecule has 0 amide bonds. The first-order valence-electron chi connectivity index (χ1n) is 20.7. The number of ether oxygens (including phenoxy) is 4. The van der Waals surface area contributed by atoms with Gasteiger partial charge in [0, 0.05) is 12.8 Å². The molecule has 0 aliphatic carbocycles. The smallest absolute Gasteiger partial charge is 0.306 e. The molecule has 10 heteroatoms. The maximum atomic E-state index is 12.7. The summed E-state index contributed by atoms with van der Waals surface area (Å²) in [6.45, 7) is 3.31. The molecule has 0 aromatic rings. The van der Waals surface area contributed by atoms with Crippen LogP contribution < -0.4 is 0 Å². The van der Waals surface area contributed by atoms with E-state index < -0.39 is 55.4 Å². The minimum Gasteiger partial charge on any atom is -0.462 e. The van der Waals surface area contributed by atoms with Gasteiger partial charge in [-0.1, -0.05) is 140 Å². The highest BCUT2D eigenvalue weighted by molar-refractivity contribution is 5.70. The molecule has 1 fully saturated rings. The highest BCUT2D eigenvalue weighted by atomic mass is 16.7. The summed E-state index contributed by atoms with van der Waals surface area (Å²) in [4.78, 5) is 25.2. The van der Waals surface area contributed by atoms with Crippen LogP contribution >= 0.6 is 0 Å². The lowest BCUT2D eigenvalue weighted by atomic mass is 9.99. The van der Waals surface area contributed by atoms with Gasteiger partial charge < -0.3 is 39.4 Å². The fourth-order valence-corrected chi connectivity index (χ4v) is 5.89. The minimum atomic E-state index is -1.60. The number of carbonyl (C=O) groups excluding carboxylic acids is 2. The Morgan fingerprint density at radius 3 is 1.64 bits per heavy atom. The Morgan fingerprint density at radius 2 is 1.08 bits per heavy atom. The first-order chi connectivity index (χ1) is 25.8. The Hall–Kier alpha value is -2.34. The summed E-state index contributed by atoms with van der Waals surface area (Å²) in [7, 11) is 0. The topological polar surface area (TPSA) is 152 Å². The molecule has 306 valence electrons. The second-order valence-electron chi connectivity index (χ2n) is 14.1. The summed E-state index contributed by atoms with van der Waals surface area (Å²) < 4.78 is 22.0. The monoisotopic (exact) mass is 751 g/mol.